The van der Waals surface area contributed by atoms with Crippen LogP contribution in [0.3, 0.4) is 0 Å². The van der Waals surface area contributed by atoms with Gasteiger partial charge >= 0.3 is 0 Å². The molecule has 5 rings (SSSR count). The SMILES string of the molecule is I.c1coc(CCNC(=NCC2CCCCO2)NC2C3CCOC3C23CCC3)c1. The van der Waals surface area contributed by atoms with Crippen LogP contribution in [-0.2, 0) is 15.9 Å². The van der Waals surface area contributed by atoms with Crippen LogP contribution >= 0.6 is 24.0 Å². The van der Waals surface area contributed by atoms with Crippen LogP contribution in [0.1, 0.15) is 50.7 Å². The van der Waals surface area contributed by atoms with Gasteiger partial charge in [0.2, 0.25) is 0 Å². The molecule has 1 aromatic heterocycles. The maximum Gasteiger partial charge on any atom is 0.191 e. The number of hydrogen-bond acceptors (Lipinski definition) is 4. The lowest BCUT2D eigenvalue weighted by molar-refractivity contribution is -0.171. The summed E-state index contributed by atoms with van der Waals surface area (Å²) >= 11 is 0. The molecule has 0 amide bonds. The highest BCUT2D eigenvalue weighted by atomic mass is 127. The molecule has 162 valence electrons. The van der Waals surface area contributed by atoms with Gasteiger partial charge in [0, 0.05) is 43.6 Å². The Labute approximate surface area is 190 Å². The molecule has 2 aliphatic carbocycles. The van der Waals surface area contributed by atoms with Gasteiger partial charge in [-0.1, -0.05) is 6.42 Å². The lowest BCUT2D eigenvalue weighted by atomic mass is 9.46. The van der Waals surface area contributed by atoms with Crippen LogP contribution in [-0.4, -0.2) is 50.5 Å². The third-order valence-electron chi connectivity index (χ3n) is 7.30. The molecule has 0 aromatic carbocycles. The number of furan rings is 1. The van der Waals surface area contributed by atoms with E-state index in [0.717, 1.165) is 50.9 Å². The molecule has 0 bridgehead atoms. The second kappa shape index (κ2) is 9.56. The number of rotatable bonds is 6. The van der Waals surface area contributed by atoms with Crippen molar-refractivity contribution in [2.24, 2.45) is 16.3 Å². The Morgan fingerprint density at radius 1 is 1.14 bits per heavy atom. The number of halogens is 1. The molecule has 7 heteroatoms. The highest BCUT2D eigenvalue weighted by Gasteiger charge is 2.66. The number of hydrogen-bond donors (Lipinski definition) is 2. The van der Waals surface area contributed by atoms with Gasteiger partial charge in [-0.2, -0.15) is 0 Å². The average molecular weight is 515 g/mol. The fourth-order valence-corrected chi connectivity index (χ4v) is 5.66. The van der Waals surface area contributed by atoms with Gasteiger partial charge in [0.15, 0.2) is 5.96 Å². The van der Waals surface area contributed by atoms with Crippen molar-refractivity contribution in [1.82, 2.24) is 10.6 Å². The number of ether oxygens (including phenoxy) is 2. The smallest absolute Gasteiger partial charge is 0.191 e. The fraction of sp³-hybridized carbons (Fsp3) is 0.773. The molecule has 4 unspecified atom stereocenters. The number of guanidine groups is 1. The number of fused-ring (bicyclic) bond motifs is 2. The molecule has 3 heterocycles. The van der Waals surface area contributed by atoms with Crippen molar-refractivity contribution in [3.8, 4) is 0 Å². The first-order chi connectivity index (χ1) is 13.9. The lowest BCUT2D eigenvalue weighted by Crippen LogP contribution is -2.72. The molecular formula is C22H34IN3O3. The Morgan fingerprint density at radius 3 is 2.79 bits per heavy atom. The van der Waals surface area contributed by atoms with E-state index < -0.39 is 0 Å². The zero-order valence-corrected chi connectivity index (χ0v) is 19.4. The van der Waals surface area contributed by atoms with Gasteiger partial charge in [-0.05, 0) is 50.7 Å². The maximum atomic E-state index is 6.07. The summed E-state index contributed by atoms with van der Waals surface area (Å²) in [6, 6.07) is 4.46. The minimum atomic E-state index is 0. The molecule has 4 atom stereocenters. The number of nitrogens with zero attached hydrogens (tertiary/aromatic N) is 1. The van der Waals surface area contributed by atoms with Crippen LogP contribution in [0, 0.1) is 11.3 Å². The summed E-state index contributed by atoms with van der Waals surface area (Å²) in [6.07, 6.45) is 12.0. The van der Waals surface area contributed by atoms with Crippen molar-refractivity contribution in [1.29, 1.82) is 0 Å². The molecule has 1 spiro atoms. The van der Waals surface area contributed by atoms with E-state index in [-0.39, 0.29) is 30.1 Å². The lowest BCUT2D eigenvalue weighted by Gasteiger charge is -2.63. The second-order valence-electron chi connectivity index (χ2n) is 8.89. The van der Waals surface area contributed by atoms with Crippen molar-refractivity contribution in [2.75, 3.05) is 26.3 Å². The molecule has 2 saturated carbocycles. The minimum absolute atomic E-state index is 0. The first-order valence-corrected chi connectivity index (χ1v) is 11.2. The van der Waals surface area contributed by atoms with Crippen molar-refractivity contribution in [3.63, 3.8) is 0 Å². The van der Waals surface area contributed by atoms with E-state index in [1.54, 1.807) is 6.26 Å². The summed E-state index contributed by atoms with van der Waals surface area (Å²) in [5.41, 5.74) is 0.353. The molecular weight excluding hydrogens is 481 g/mol. The molecule has 6 nitrogen and oxygen atoms in total. The summed E-state index contributed by atoms with van der Waals surface area (Å²) in [7, 11) is 0. The van der Waals surface area contributed by atoms with Gasteiger partial charge in [-0.3, -0.25) is 4.99 Å². The first kappa shape index (κ1) is 21.4. The largest absolute Gasteiger partial charge is 0.469 e. The molecule has 2 N–H and O–H groups in total. The van der Waals surface area contributed by atoms with Crippen molar-refractivity contribution in [3.05, 3.63) is 24.2 Å². The monoisotopic (exact) mass is 515 g/mol. The van der Waals surface area contributed by atoms with Crippen LogP contribution in [0.5, 0.6) is 0 Å². The van der Waals surface area contributed by atoms with Crippen molar-refractivity contribution in [2.45, 2.75) is 69.6 Å². The van der Waals surface area contributed by atoms with E-state index in [2.05, 4.69) is 10.6 Å². The molecule has 1 aromatic rings. The Kier molecular flexibility index (Phi) is 7.06. The number of nitrogens with one attached hydrogen (secondary N) is 2. The highest BCUT2D eigenvalue weighted by molar-refractivity contribution is 14.0. The molecule has 4 aliphatic rings. The Bertz CT molecular complexity index is 671. The highest BCUT2D eigenvalue weighted by Crippen LogP contribution is 2.62. The van der Waals surface area contributed by atoms with Gasteiger partial charge in [0.05, 0.1) is 25.0 Å². The Balaban J connectivity index is 0.00000205. The summed E-state index contributed by atoms with van der Waals surface area (Å²) in [6.45, 7) is 3.35. The van der Waals surface area contributed by atoms with Gasteiger partial charge in [-0.15, -0.1) is 24.0 Å². The summed E-state index contributed by atoms with van der Waals surface area (Å²) in [5, 5.41) is 7.36. The Hall–Kier alpha value is -0.800. The predicted octanol–water partition coefficient (Wildman–Crippen LogP) is 3.50. The summed E-state index contributed by atoms with van der Waals surface area (Å²) < 4.78 is 17.4. The molecule has 2 aliphatic heterocycles. The van der Waals surface area contributed by atoms with Crippen LogP contribution in [0.4, 0.5) is 0 Å². The van der Waals surface area contributed by atoms with Crippen molar-refractivity contribution >= 4 is 29.9 Å². The van der Waals surface area contributed by atoms with Gasteiger partial charge in [0.25, 0.3) is 0 Å². The third kappa shape index (κ3) is 4.32. The zero-order valence-electron chi connectivity index (χ0n) is 17.1. The topological polar surface area (TPSA) is 68.0 Å². The molecule has 2 saturated heterocycles. The first-order valence-electron chi connectivity index (χ1n) is 11.2. The summed E-state index contributed by atoms with van der Waals surface area (Å²) in [4.78, 5) is 4.92. The average Bonchev–Trinajstić information content (AvgIpc) is 3.34. The standard InChI is InChI=1S/C22H33N3O3.HI/c1-2-12-27-17(5-1)15-24-21(23-11-7-16-6-3-13-26-16)25-19-18-8-14-28-20(18)22(19)9-4-10-22;/h3,6,13,17-20H,1-2,4-5,7-12,14-15H2,(H2,23,24,25);1H. The molecule has 29 heavy (non-hydrogen) atoms. The van der Waals surface area contributed by atoms with E-state index >= 15 is 0 Å². The maximum absolute atomic E-state index is 6.07. The van der Waals surface area contributed by atoms with Crippen LogP contribution in [0.15, 0.2) is 27.8 Å². The molecule has 0 radical (unpaired) electrons. The fourth-order valence-electron chi connectivity index (χ4n) is 5.66. The van der Waals surface area contributed by atoms with Gasteiger partial charge in [-0.25, -0.2) is 0 Å². The van der Waals surface area contributed by atoms with Gasteiger partial charge < -0.3 is 24.5 Å². The van der Waals surface area contributed by atoms with Crippen LogP contribution in [0.25, 0.3) is 0 Å². The number of aliphatic imine (C=N–C) groups is 1. The van der Waals surface area contributed by atoms with E-state index in [4.69, 9.17) is 18.9 Å². The third-order valence-corrected chi connectivity index (χ3v) is 7.30. The van der Waals surface area contributed by atoms with E-state index in [0.29, 0.717) is 23.5 Å². The van der Waals surface area contributed by atoms with E-state index in [1.165, 1.54) is 38.5 Å². The quantitative estimate of drug-likeness (QED) is 0.345. The van der Waals surface area contributed by atoms with Crippen LogP contribution in [0.2, 0.25) is 0 Å². The van der Waals surface area contributed by atoms with Crippen molar-refractivity contribution < 1.29 is 13.9 Å². The predicted molar refractivity (Wildman–Crippen MR) is 123 cm³/mol. The summed E-state index contributed by atoms with van der Waals surface area (Å²) in [5.74, 6) is 2.58. The normalized spacial score (nSPS) is 32.6. The second-order valence-corrected chi connectivity index (χ2v) is 8.89. The van der Waals surface area contributed by atoms with E-state index in [9.17, 15) is 0 Å². The minimum Gasteiger partial charge on any atom is -0.469 e. The van der Waals surface area contributed by atoms with Gasteiger partial charge in [0.1, 0.15) is 5.76 Å². The van der Waals surface area contributed by atoms with Crippen LogP contribution < -0.4 is 10.6 Å². The molecule has 4 fully saturated rings. The zero-order chi connectivity index (χ0) is 18.8. The Morgan fingerprint density at radius 2 is 2.07 bits per heavy atom. The van der Waals surface area contributed by atoms with E-state index in [1.807, 2.05) is 12.1 Å².